The molecule has 1 amide bonds. The second-order valence-electron chi connectivity index (χ2n) is 6.34. The van der Waals surface area contributed by atoms with E-state index in [9.17, 15) is 4.79 Å². The number of halogens is 2. The molecule has 22 heavy (non-hydrogen) atoms. The molecule has 2 saturated heterocycles. The van der Waals surface area contributed by atoms with Crippen molar-refractivity contribution in [3.8, 4) is 0 Å². The van der Waals surface area contributed by atoms with Crippen LogP contribution in [0.5, 0.6) is 0 Å². The van der Waals surface area contributed by atoms with Gasteiger partial charge in [-0.1, -0.05) is 29.3 Å². The molecule has 1 aromatic carbocycles. The first-order valence-corrected chi connectivity index (χ1v) is 8.84. The predicted octanol–water partition coefficient (Wildman–Crippen LogP) is 3.83. The molecule has 2 aliphatic rings. The highest BCUT2D eigenvalue weighted by atomic mass is 35.5. The number of likely N-dealkylation sites (tertiary alicyclic amines) is 2. The van der Waals surface area contributed by atoms with Gasteiger partial charge in [0.1, 0.15) is 0 Å². The Hall–Kier alpha value is -0.770. The molecule has 0 bridgehead atoms. The average molecular weight is 341 g/mol. The number of nitrogens with zero attached hydrogens (tertiary/aromatic N) is 2. The van der Waals surface area contributed by atoms with Crippen LogP contribution in [0.15, 0.2) is 18.2 Å². The molecule has 5 heteroatoms. The van der Waals surface area contributed by atoms with E-state index >= 15 is 0 Å². The van der Waals surface area contributed by atoms with Crippen LogP contribution in [-0.4, -0.2) is 41.9 Å². The van der Waals surface area contributed by atoms with E-state index in [0.717, 1.165) is 64.0 Å². The Balaban J connectivity index is 1.61. The van der Waals surface area contributed by atoms with Gasteiger partial charge in [0, 0.05) is 36.2 Å². The number of hydrogen-bond acceptors (Lipinski definition) is 2. The van der Waals surface area contributed by atoms with E-state index in [2.05, 4.69) is 4.90 Å². The summed E-state index contributed by atoms with van der Waals surface area (Å²) in [5.74, 6) is 0.502. The highest BCUT2D eigenvalue weighted by Crippen LogP contribution is 2.26. The minimum absolute atomic E-state index is 0.151. The van der Waals surface area contributed by atoms with Crippen molar-refractivity contribution in [2.45, 2.75) is 32.2 Å². The summed E-state index contributed by atoms with van der Waals surface area (Å²) in [6, 6.07) is 5.64. The van der Waals surface area contributed by atoms with Crippen molar-refractivity contribution in [1.82, 2.24) is 9.80 Å². The number of benzene rings is 1. The molecule has 0 aromatic heterocycles. The summed E-state index contributed by atoms with van der Waals surface area (Å²) >= 11 is 12.2. The summed E-state index contributed by atoms with van der Waals surface area (Å²) in [5.41, 5.74) is 1.08. The minimum Gasteiger partial charge on any atom is -0.342 e. The van der Waals surface area contributed by atoms with Gasteiger partial charge < -0.3 is 4.90 Å². The molecule has 0 aliphatic carbocycles. The van der Waals surface area contributed by atoms with E-state index in [4.69, 9.17) is 23.2 Å². The van der Waals surface area contributed by atoms with E-state index in [1.807, 2.05) is 17.0 Å². The number of amides is 1. The van der Waals surface area contributed by atoms with Crippen molar-refractivity contribution in [2.24, 2.45) is 5.92 Å². The van der Waals surface area contributed by atoms with Crippen molar-refractivity contribution in [2.75, 3.05) is 26.2 Å². The van der Waals surface area contributed by atoms with Crippen LogP contribution in [0.3, 0.4) is 0 Å². The highest BCUT2D eigenvalue weighted by molar-refractivity contribution is 6.35. The highest BCUT2D eigenvalue weighted by Gasteiger charge is 2.30. The normalized spacial score (nSPS) is 23.0. The van der Waals surface area contributed by atoms with Gasteiger partial charge in [0.05, 0.1) is 5.92 Å². The van der Waals surface area contributed by atoms with Crippen molar-refractivity contribution in [1.29, 1.82) is 0 Å². The lowest BCUT2D eigenvalue weighted by molar-refractivity contribution is -0.136. The van der Waals surface area contributed by atoms with Crippen molar-refractivity contribution >= 4 is 29.1 Å². The maximum Gasteiger partial charge on any atom is 0.226 e. The Labute approximate surface area is 142 Å². The zero-order valence-corrected chi connectivity index (χ0v) is 14.2. The predicted molar refractivity (Wildman–Crippen MR) is 90.3 cm³/mol. The van der Waals surface area contributed by atoms with Gasteiger partial charge in [0.2, 0.25) is 5.91 Å². The number of carbonyl (C=O) groups is 1. The standard InChI is InChI=1S/C17H22Cl2N2O/c18-15-6-5-13(16(19)10-15)11-20-7-3-4-14(12-20)17(22)21-8-1-2-9-21/h5-6,10,14H,1-4,7-9,11-12H2. The van der Waals surface area contributed by atoms with Crippen LogP contribution in [0.2, 0.25) is 10.0 Å². The van der Waals surface area contributed by atoms with Gasteiger partial charge in [-0.3, -0.25) is 9.69 Å². The summed E-state index contributed by atoms with van der Waals surface area (Å²) in [5, 5.41) is 1.37. The molecule has 2 heterocycles. The summed E-state index contributed by atoms with van der Waals surface area (Å²) in [4.78, 5) is 17.0. The fourth-order valence-corrected chi connectivity index (χ4v) is 3.96. The van der Waals surface area contributed by atoms with Gasteiger partial charge in [-0.15, -0.1) is 0 Å². The summed E-state index contributed by atoms with van der Waals surface area (Å²) in [7, 11) is 0. The quantitative estimate of drug-likeness (QED) is 0.834. The Bertz CT molecular complexity index is 543. The molecule has 3 rings (SSSR count). The average Bonchev–Trinajstić information content (AvgIpc) is 3.04. The minimum atomic E-state index is 0.151. The third-order valence-corrected chi connectivity index (χ3v) is 5.27. The van der Waals surface area contributed by atoms with E-state index in [1.165, 1.54) is 0 Å². The Morgan fingerprint density at radius 1 is 1.14 bits per heavy atom. The molecular weight excluding hydrogens is 319 g/mol. The van der Waals surface area contributed by atoms with Crippen molar-refractivity contribution < 1.29 is 4.79 Å². The molecule has 1 aromatic rings. The second-order valence-corrected chi connectivity index (χ2v) is 7.19. The van der Waals surface area contributed by atoms with E-state index in [0.29, 0.717) is 16.0 Å². The Kier molecular flexibility index (Phi) is 5.27. The van der Waals surface area contributed by atoms with Crippen LogP contribution in [0.1, 0.15) is 31.2 Å². The van der Waals surface area contributed by atoms with Gasteiger partial charge >= 0.3 is 0 Å². The first-order chi connectivity index (χ1) is 10.6. The fraction of sp³-hybridized carbons (Fsp3) is 0.588. The van der Waals surface area contributed by atoms with Gasteiger partial charge in [0.25, 0.3) is 0 Å². The molecule has 3 nitrogen and oxygen atoms in total. The van der Waals surface area contributed by atoms with E-state index < -0.39 is 0 Å². The van der Waals surface area contributed by atoms with Crippen molar-refractivity contribution in [3.05, 3.63) is 33.8 Å². The molecular formula is C17H22Cl2N2O. The van der Waals surface area contributed by atoms with Crippen LogP contribution in [0.4, 0.5) is 0 Å². The number of rotatable bonds is 3. The first kappa shape index (κ1) is 16.1. The summed E-state index contributed by atoms with van der Waals surface area (Å²) in [6.07, 6.45) is 4.40. The van der Waals surface area contributed by atoms with Gasteiger partial charge in [0.15, 0.2) is 0 Å². The maximum atomic E-state index is 12.6. The molecule has 1 unspecified atom stereocenters. The Morgan fingerprint density at radius 3 is 2.64 bits per heavy atom. The van der Waals surface area contributed by atoms with Crippen LogP contribution >= 0.6 is 23.2 Å². The van der Waals surface area contributed by atoms with Gasteiger partial charge in [-0.05, 0) is 49.9 Å². The zero-order valence-electron chi connectivity index (χ0n) is 12.7. The molecule has 1 atom stereocenters. The van der Waals surface area contributed by atoms with Crippen LogP contribution in [0, 0.1) is 5.92 Å². The molecule has 2 aliphatic heterocycles. The smallest absolute Gasteiger partial charge is 0.226 e. The second kappa shape index (κ2) is 7.20. The first-order valence-electron chi connectivity index (χ1n) is 8.08. The third kappa shape index (κ3) is 3.76. The molecule has 2 fully saturated rings. The molecule has 0 radical (unpaired) electrons. The fourth-order valence-electron chi connectivity index (χ4n) is 3.49. The Morgan fingerprint density at radius 2 is 1.91 bits per heavy atom. The lowest BCUT2D eigenvalue weighted by atomic mass is 9.96. The largest absolute Gasteiger partial charge is 0.342 e. The summed E-state index contributed by atoms with van der Waals surface area (Å²) < 4.78 is 0. The van der Waals surface area contributed by atoms with E-state index in [-0.39, 0.29) is 5.92 Å². The number of carbonyl (C=O) groups excluding carboxylic acids is 1. The van der Waals surface area contributed by atoms with Crippen LogP contribution in [0.25, 0.3) is 0 Å². The molecule has 0 spiro atoms. The zero-order chi connectivity index (χ0) is 15.5. The summed E-state index contributed by atoms with van der Waals surface area (Å²) in [6.45, 7) is 4.55. The lowest BCUT2D eigenvalue weighted by Crippen LogP contribution is -2.43. The third-order valence-electron chi connectivity index (χ3n) is 4.68. The van der Waals surface area contributed by atoms with Gasteiger partial charge in [-0.25, -0.2) is 0 Å². The maximum absolute atomic E-state index is 12.6. The number of hydrogen-bond donors (Lipinski definition) is 0. The molecule has 120 valence electrons. The molecule has 0 saturated carbocycles. The topological polar surface area (TPSA) is 23.6 Å². The number of piperidine rings is 1. The van der Waals surface area contributed by atoms with E-state index in [1.54, 1.807) is 6.07 Å². The lowest BCUT2D eigenvalue weighted by Gasteiger charge is -2.34. The van der Waals surface area contributed by atoms with Crippen molar-refractivity contribution in [3.63, 3.8) is 0 Å². The van der Waals surface area contributed by atoms with Crippen LogP contribution in [-0.2, 0) is 11.3 Å². The van der Waals surface area contributed by atoms with Crippen LogP contribution < -0.4 is 0 Å². The molecule has 0 N–H and O–H groups in total. The monoisotopic (exact) mass is 340 g/mol. The van der Waals surface area contributed by atoms with Gasteiger partial charge in [-0.2, -0.15) is 0 Å². The SMILES string of the molecule is O=C(C1CCCN(Cc2ccc(Cl)cc2Cl)C1)N1CCCC1.